The highest BCUT2D eigenvalue weighted by atomic mass is 35.5. The largest absolute Gasteiger partial charge is 0.508 e. The zero-order chi connectivity index (χ0) is 15.5. The van der Waals surface area contributed by atoms with Crippen molar-refractivity contribution in [2.45, 2.75) is 18.9 Å². The predicted molar refractivity (Wildman–Crippen MR) is 96.7 cm³/mol. The van der Waals surface area contributed by atoms with Gasteiger partial charge in [0.15, 0.2) is 0 Å². The van der Waals surface area contributed by atoms with Gasteiger partial charge in [0.25, 0.3) is 0 Å². The van der Waals surface area contributed by atoms with E-state index in [0.29, 0.717) is 24.7 Å². The second-order valence-corrected chi connectivity index (χ2v) is 6.08. The Kier molecular flexibility index (Phi) is 8.39. The van der Waals surface area contributed by atoms with E-state index in [9.17, 15) is 15.3 Å². The summed E-state index contributed by atoms with van der Waals surface area (Å²) in [7, 11) is 0. The lowest BCUT2D eigenvalue weighted by atomic mass is 9.84. The van der Waals surface area contributed by atoms with Crippen LogP contribution in [0.2, 0.25) is 0 Å². The molecule has 6 nitrogen and oxygen atoms in total. The van der Waals surface area contributed by atoms with E-state index in [1.54, 1.807) is 0 Å². The Bertz CT molecular complexity index is 480. The van der Waals surface area contributed by atoms with Gasteiger partial charge in [-0.2, -0.15) is 0 Å². The smallest absolute Gasteiger partial charge is 0.127 e. The number of benzene rings is 1. The van der Waals surface area contributed by atoms with Crippen LogP contribution in [0.1, 0.15) is 24.4 Å². The first-order chi connectivity index (χ1) is 10.7. The van der Waals surface area contributed by atoms with Crippen LogP contribution < -0.4 is 5.32 Å². The average Bonchev–Trinajstić information content (AvgIpc) is 2.52. The van der Waals surface area contributed by atoms with Crippen LogP contribution in [0.5, 0.6) is 17.2 Å². The SMILES string of the molecule is Cl.Cl.Oc1cc(O)c([C@@H](C2CCOCC2)N2CCNCC2)c(O)c1. The number of phenols is 3. The van der Waals surface area contributed by atoms with Gasteiger partial charge in [-0.1, -0.05) is 0 Å². The first kappa shape index (κ1) is 21.1. The minimum Gasteiger partial charge on any atom is -0.508 e. The van der Waals surface area contributed by atoms with Crippen LogP contribution in [0.3, 0.4) is 0 Å². The number of piperazine rings is 1. The van der Waals surface area contributed by atoms with E-state index in [1.807, 2.05) is 0 Å². The molecule has 8 heteroatoms. The quantitative estimate of drug-likeness (QED) is 0.641. The van der Waals surface area contributed by atoms with Crippen molar-refractivity contribution in [3.8, 4) is 17.2 Å². The molecule has 0 amide bonds. The topological polar surface area (TPSA) is 85.2 Å². The fourth-order valence-corrected chi connectivity index (χ4v) is 3.62. The highest BCUT2D eigenvalue weighted by Crippen LogP contribution is 2.44. The third-order valence-electron chi connectivity index (χ3n) is 4.67. The minimum absolute atomic E-state index is 0. The number of ether oxygens (including phenoxy) is 1. The van der Waals surface area contributed by atoms with Gasteiger partial charge in [-0.3, -0.25) is 4.90 Å². The van der Waals surface area contributed by atoms with Crippen LogP contribution in [0, 0.1) is 5.92 Å². The van der Waals surface area contributed by atoms with Gasteiger partial charge in [0.2, 0.25) is 0 Å². The van der Waals surface area contributed by atoms with E-state index in [2.05, 4.69) is 10.2 Å². The molecule has 4 N–H and O–H groups in total. The Morgan fingerprint density at radius 3 is 2.08 bits per heavy atom. The maximum atomic E-state index is 10.3. The van der Waals surface area contributed by atoms with E-state index in [0.717, 1.165) is 39.0 Å². The Labute approximate surface area is 154 Å². The van der Waals surface area contributed by atoms with Crippen molar-refractivity contribution in [3.05, 3.63) is 17.7 Å². The number of aromatic hydroxyl groups is 3. The maximum absolute atomic E-state index is 10.3. The molecule has 2 fully saturated rings. The zero-order valence-electron chi connectivity index (χ0n) is 13.5. The van der Waals surface area contributed by atoms with Crippen LogP contribution in [-0.4, -0.2) is 59.6 Å². The van der Waals surface area contributed by atoms with Crippen molar-refractivity contribution in [3.63, 3.8) is 0 Å². The molecule has 3 rings (SSSR count). The summed E-state index contributed by atoms with van der Waals surface area (Å²) in [6.45, 7) is 4.99. The molecule has 0 radical (unpaired) electrons. The number of halogens is 2. The summed E-state index contributed by atoms with van der Waals surface area (Å²) in [5.41, 5.74) is 0.534. The third-order valence-corrected chi connectivity index (χ3v) is 4.67. The zero-order valence-corrected chi connectivity index (χ0v) is 15.1. The molecular formula is C16H26Cl2N2O4. The lowest BCUT2D eigenvalue weighted by Gasteiger charge is -2.41. The fourth-order valence-electron chi connectivity index (χ4n) is 3.62. The molecule has 2 aliphatic rings. The van der Waals surface area contributed by atoms with Gasteiger partial charge in [-0.25, -0.2) is 0 Å². The van der Waals surface area contributed by atoms with Crippen LogP contribution >= 0.6 is 24.8 Å². The highest BCUT2D eigenvalue weighted by molar-refractivity contribution is 5.85. The van der Waals surface area contributed by atoms with Gasteiger partial charge in [0.05, 0.1) is 5.56 Å². The number of hydrogen-bond donors (Lipinski definition) is 4. The van der Waals surface area contributed by atoms with E-state index < -0.39 is 0 Å². The summed E-state index contributed by atoms with van der Waals surface area (Å²) in [6, 6.07) is 2.57. The lowest BCUT2D eigenvalue weighted by molar-refractivity contribution is 0.0199. The van der Waals surface area contributed by atoms with Gasteiger partial charge in [-0.05, 0) is 18.8 Å². The molecule has 138 valence electrons. The summed E-state index contributed by atoms with van der Waals surface area (Å²) < 4.78 is 5.46. The molecule has 1 aromatic rings. The Hall–Kier alpha value is -0.920. The Morgan fingerprint density at radius 1 is 1.00 bits per heavy atom. The molecule has 0 spiro atoms. The standard InChI is InChI=1S/C16H24N2O4.2ClH/c19-12-9-13(20)15(14(21)10-12)16(11-1-7-22-8-2-11)18-5-3-17-4-6-18;;/h9-11,16-17,19-21H,1-8H2;2*1H/t16-;;/m1../s1. The van der Waals surface area contributed by atoms with Gasteiger partial charge in [0.1, 0.15) is 17.2 Å². The van der Waals surface area contributed by atoms with Crippen molar-refractivity contribution in [2.75, 3.05) is 39.4 Å². The molecule has 0 saturated carbocycles. The number of rotatable bonds is 3. The molecule has 2 aliphatic heterocycles. The first-order valence-corrected chi connectivity index (χ1v) is 7.94. The number of nitrogens with one attached hydrogen (secondary N) is 1. The van der Waals surface area contributed by atoms with Gasteiger partial charge < -0.3 is 25.4 Å². The molecule has 0 unspecified atom stereocenters. The van der Waals surface area contributed by atoms with E-state index in [-0.39, 0.29) is 48.1 Å². The summed E-state index contributed by atoms with van der Waals surface area (Å²) in [6.07, 6.45) is 1.82. The van der Waals surface area contributed by atoms with E-state index >= 15 is 0 Å². The first-order valence-electron chi connectivity index (χ1n) is 7.94. The maximum Gasteiger partial charge on any atom is 0.127 e. The van der Waals surface area contributed by atoms with E-state index in [1.165, 1.54) is 12.1 Å². The summed E-state index contributed by atoms with van der Waals surface area (Å²) in [5, 5.41) is 33.5. The monoisotopic (exact) mass is 380 g/mol. The van der Waals surface area contributed by atoms with Crippen LogP contribution in [0.4, 0.5) is 0 Å². The average molecular weight is 381 g/mol. The highest BCUT2D eigenvalue weighted by Gasteiger charge is 2.34. The lowest BCUT2D eigenvalue weighted by Crippen LogP contribution is -2.47. The van der Waals surface area contributed by atoms with Gasteiger partial charge >= 0.3 is 0 Å². The second-order valence-electron chi connectivity index (χ2n) is 6.08. The van der Waals surface area contributed by atoms with Crippen molar-refractivity contribution in [1.82, 2.24) is 10.2 Å². The van der Waals surface area contributed by atoms with Crippen LogP contribution in [0.25, 0.3) is 0 Å². The van der Waals surface area contributed by atoms with Crippen LogP contribution in [-0.2, 0) is 4.74 Å². The van der Waals surface area contributed by atoms with Gasteiger partial charge in [0, 0.05) is 57.6 Å². The molecule has 0 aromatic heterocycles. The molecule has 0 aliphatic carbocycles. The van der Waals surface area contributed by atoms with Crippen LogP contribution in [0.15, 0.2) is 12.1 Å². The Balaban J connectivity index is 0.00000144. The summed E-state index contributed by atoms with van der Waals surface area (Å²) >= 11 is 0. The van der Waals surface area contributed by atoms with E-state index in [4.69, 9.17) is 4.74 Å². The van der Waals surface area contributed by atoms with Crippen molar-refractivity contribution in [2.24, 2.45) is 5.92 Å². The Morgan fingerprint density at radius 2 is 1.54 bits per heavy atom. The normalized spacial score (nSPS) is 20.7. The van der Waals surface area contributed by atoms with Crippen molar-refractivity contribution < 1.29 is 20.1 Å². The molecular weight excluding hydrogens is 355 g/mol. The van der Waals surface area contributed by atoms with Gasteiger partial charge in [-0.15, -0.1) is 24.8 Å². The molecule has 2 heterocycles. The molecule has 1 atom stereocenters. The number of nitrogens with zero attached hydrogens (tertiary/aromatic N) is 1. The predicted octanol–water partition coefficient (Wildman–Crippen LogP) is 2.02. The molecule has 1 aromatic carbocycles. The summed E-state index contributed by atoms with van der Waals surface area (Å²) in [5.74, 6) is 0.137. The molecule has 24 heavy (non-hydrogen) atoms. The fraction of sp³-hybridized carbons (Fsp3) is 0.625. The molecule has 2 saturated heterocycles. The minimum atomic E-state index is -0.121. The molecule has 0 bridgehead atoms. The van der Waals surface area contributed by atoms with Crippen molar-refractivity contribution in [1.29, 1.82) is 0 Å². The van der Waals surface area contributed by atoms with Crippen molar-refractivity contribution >= 4 is 24.8 Å². The second kappa shape index (κ2) is 9.53. The summed E-state index contributed by atoms with van der Waals surface area (Å²) in [4.78, 5) is 2.32. The number of hydrogen-bond acceptors (Lipinski definition) is 6. The third kappa shape index (κ3) is 4.58. The number of phenolic OH excluding ortho intramolecular Hbond substituents is 3.